The van der Waals surface area contributed by atoms with Crippen molar-refractivity contribution in [2.45, 2.75) is 10.8 Å². The molecule has 0 atom stereocenters. The largest absolute Gasteiger partial charge is 0.247 e. The summed E-state index contributed by atoms with van der Waals surface area (Å²) in [5.41, 5.74) is 18.8. The maximum absolute atomic E-state index is 5.82. The van der Waals surface area contributed by atoms with Crippen LogP contribution in [0.1, 0.15) is 44.8 Å². The fourth-order valence-corrected chi connectivity index (χ4v) is 10.9. The van der Waals surface area contributed by atoms with Gasteiger partial charge in [0.15, 0.2) is 0 Å². The lowest BCUT2D eigenvalue weighted by Gasteiger charge is -2.56. The molecule has 0 saturated carbocycles. The van der Waals surface area contributed by atoms with E-state index in [1.54, 1.807) is 0 Å². The Kier molecular flexibility index (Phi) is 8.00. The lowest BCUT2D eigenvalue weighted by atomic mass is 9.45. The van der Waals surface area contributed by atoms with Crippen molar-refractivity contribution in [2.24, 2.45) is 0 Å². The van der Waals surface area contributed by atoms with E-state index in [1.165, 1.54) is 33.4 Å². The Morgan fingerprint density at radius 1 is 0.219 bits per heavy atom. The third kappa shape index (κ3) is 5.11. The molecule has 4 nitrogen and oxygen atoms in total. The summed E-state index contributed by atoms with van der Waals surface area (Å²) in [7, 11) is 0. The fourth-order valence-electron chi connectivity index (χ4n) is 10.9. The third-order valence-electron chi connectivity index (χ3n) is 13.6. The Bertz CT molecular complexity index is 3250. The van der Waals surface area contributed by atoms with Crippen LogP contribution in [0.15, 0.2) is 231 Å². The fraction of sp³-hybridized carbons (Fsp3) is 0.0333. The minimum absolute atomic E-state index is 0.836. The van der Waals surface area contributed by atoms with Crippen LogP contribution in [0.5, 0.6) is 0 Å². The maximum atomic E-state index is 5.82. The predicted octanol–water partition coefficient (Wildman–Crippen LogP) is 13.6. The number of hydrogen-bond acceptors (Lipinski definition) is 4. The minimum atomic E-state index is -0.836. The molecule has 2 bridgehead atoms. The smallest absolute Gasteiger partial charge is 0.0941 e. The number of rotatable bonds is 6. The predicted molar refractivity (Wildman–Crippen MR) is 258 cm³/mol. The Hall–Kier alpha value is -8.34. The number of fused-ring (bicyclic) bond motifs is 2. The van der Waals surface area contributed by atoms with E-state index in [0.717, 1.165) is 78.2 Å². The molecule has 9 aromatic carbocycles. The van der Waals surface area contributed by atoms with E-state index in [4.69, 9.17) is 19.9 Å². The van der Waals surface area contributed by atoms with E-state index in [2.05, 4.69) is 231 Å². The summed E-state index contributed by atoms with van der Waals surface area (Å²) in [6.07, 6.45) is 0. The van der Waals surface area contributed by atoms with E-state index in [9.17, 15) is 0 Å². The summed E-state index contributed by atoms with van der Waals surface area (Å²) in [4.78, 5) is 22.9. The van der Waals surface area contributed by atoms with E-state index in [1.807, 2.05) is 0 Å². The van der Waals surface area contributed by atoms with Crippen molar-refractivity contribution in [3.05, 3.63) is 275 Å². The van der Waals surface area contributed by atoms with Crippen molar-refractivity contribution in [1.82, 2.24) is 19.9 Å². The van der Waals surface area contributed by atoms with Gasteiger partial charge in [-0.2, -0.15) is 0 Å². The Morgan fingerprint density at radius 3 is 0.812 bits per heavy atom. The zero-order valence-electron chi connectivity index (χ0n) is 34.7. The van der Waals surface area contributed by atoms with Crippen molar-refractivity contribution in [3.8, 4) is 44.8 Å². The van der Waals surface area contributed by atoms with Gasteiger partial charge in [0, 0.05) is 11.1 Å². The normalized spacial score (nSPS) is 16.9. The van der Waals surface area contributed by atoms with Gasteiger partial charge < -0.3 is 0 Å². The molecule has 0 fully saturated rings. The molecule has 11 aromatic rings. The quantitative estimate of drug-likeness (QED) is 0.168. The molecule has 64 heavy (non-hydrogen) atoms. The average molecular weight is 815 g/mol. The van der Waals surface area contributed by atoms with Crippen LogP contribution in [0.3, 0.4) is 0 Å². The van der Waals surface area contributed by atoms with Crippen LogP contribution in [-0.4, -0.2) is 19.9 Å². The van der Waals surface area contributed by atoms with Crippen LogP contribution in [0.4, 0.5) is 0 Å². The first-order valence-corrected chi connectivity index (χ1v) is 21.9. The Balaban J connectivity index is 1.15. The van der Waals surface area contributed by atoms with Gasteiger partial charge in [-0.15, -0.1) is 0 Å². The van der Waals surface area contributed by atoms with Gasteiger partial charge >= 0.3 is 0 Å². The lowest BCUT2D eigenvalue weighted by molar-refractivity contribution is 0.540. The molecule has 298 valence electrons. The van der Waals surface area contributed by atoms with Gasteiger partial charge in [-0.25, -0.2) is 19.9 Å². The monoisotopic (exact) mass is 814 g/mol. The molecule has 14 rings (SSSR count). The summed E-state index contributed by atoms with van der Waals surface area (Å²) in [6.45, 7) is 0. The number of hydrogen-bond donors (Lipinski definition) is 0. The Morgan fingerprint density at radius 2 is 0.500 bits per heavy atom. The SMILES string of the molecule is c1ccc(-c2ccc3nc(C45c6ccccc6C(c6nc7ccc(-c8ccccc8)cc7nc6-c6ccccc6)(c6ccccc64)c4ccccc45)c(-c4ccccc4)nc3c2)cc1. The topological polar surface area (TPSA) is 51.6 Å². The first kappa shape index (κ1) is 36.3. The van der Waals surface area contributed by atoms with Crippen LogP contribution in [-0.2, 0) is 10.8 Å². The summed E-state index contributed by atoms with van der Waals surface area (Å²) >= 11 is 0. The summed E-state index contributed by atoms with van der Waals surface area (Å²) in [5.74, 6) is 0. The van der Waals surface area contributed by atoms with Crippen molar-refractivity contribution >= 4 is 22.1 Å². The van der Waals surface area contributed by atoms with Gasteiger partial charge in [-0.05, 0) is 79.9 Å². The molecule has 0 N–H and O–H groups in total. The van der Waals surface area contributed by atoms with Crippen molar-refractivity contribution in [1.29, 1.82) is 0 Å². The summed E-state index contributed by atoms with van der Waals surface area (Å²) in [6, 6.07) is 82.1. The van der Waals surface area contributed by atoms with E-state index < -0.39 is 10.8 Å². The highest BCUT2D eigenvalue weighted by Crippen LogP contribution is 2.67. The molecule has 0 unspecified atom stereocenters. The lowest BCUT2D eigenvalue weighted by Crippen LogP contribution is -2.53. The highest BCUT2D eigenvalue weighted by molar-refractivity contribution is 5.91. The van der Waals surface area contributed by atoms with Crippen molar-refractivity contribution in [2.75, 3.05) is 0 Å². The first-order valence-electron chi connectivity index (χ1n) is 21.9. The van der Waals surface area contributed by atoms with Crippen LogP contribution in [0.2, 0.25) is 0 Å². The van der Waals surface area contributed by atoms with Gasteiger partial charge in [0.05, 0.1) is 55.7 Å². The molecule has 0 saturated heterocycles. The van der Waals surface area contributed by atoms with E-state index in [0.29, 0.717) is 0 Å². The zero-order valence-corrected chi connectivity index (χ0v) is 34.7. The highest BCUT2D eigenvalue weighted by atomic mass is 14.9. The second-order valence-corrected chi connectivity index (χ2v) is 16.8. The third-order valence-corrected chi connectivity index (χ3v) is 13.6. The van der Waals surface area contributed by atoms with Gasteiger partial charge in [-0.3, -0.25) is 0 Å². The molecular formula is C60H38N4. The van der Waals surface area contributed by atoms with Crippen molar-refractivity contribution in [3.63, 3.8) is 0 Å². The second kappa shape index (κ2) is 14.1. The van der Waals surface area contributed by atoms with Crippen LogP contribution in [0, 0.1) is 0 Å². The standard InChI is InChI=1S/C60H38N4/c1-5-19-39(20-6-1)43-33-35-51-53(37-43)61-55(41-23-9-3-10-24-41)57(63-51)59-45-27-13-16-30-48(45)60(49-31-17-14-28-46(49)59,50-32-18-15-29-47(50)59)58-56(42-25-11-4-12-26-42)62-54-38-44(34-36-52(54)64-58)40-21-7-2-8-22-40/h1-38H. The second-order valence-electron chi connectivity index (χ2n) is 16.8. The first-order chi connectivity index (χ1) is 31.7. The summed E-state index contributed by atoms with van der Waals surface area (Å²) < 4.78 is 0. The minimum Gasteiger partial charge on any atom is -0.247 e. The molecule has 2 aromatic heterocycles. The molecule has 0 radical (unpaired) electrons. The molecule has 3 aliphatic rings. The number of nitrogens with zero attached hydrogens (tertiary/aromatic N) is 4. The van der Waals surface area contributed by atoms with Gasteiger partial charge in [0.25, 0.3) is 0 Å². The number of benzene rings is 9. The molecule has 4 heteroatoms. The molecule has 0 amide bonds. The molecule has 0 spiro atoms. The van der Waals surface area contributed by atoms with E-state index in [-0.39, 0.29) is 0 Å². The van der Waals surface area contributed by atoms with Gasteiger partial charge in [-0.1, -0.05) is 206 Å². The van der Waals surface area contributed by atoms with Gasteiger partial charge in [0.1, 0.15) is 0 Å². The van der Waals surface area contributed by atoms with Crippen LogP contribution in [0.25, 0.3) is 66.8 Å². The maximum Gasteiger partial charge on any atom is 0.0941 e. The molecular weight excluding hydrogens is 777 g/mol. The average Bonchev–Trinajstić information content (AvgIpc) is 3.38. The summed E-state index contributed by atoms with van der Waals surface area (Å²) in [5, 5.41) is 0. The molecule has 0 aliphatic heterocycles. The van der Waals surface area contributed by atoms with E-state index >= 15 is 0 Å². The zero-order chi connectivity index (χ0) is 42.2. The Labute approximate surface area is 371 Å². The molecule has 3 aliphatic carbocycles. The van der Waals surface area contributed by atoms with Gasteiger partial charge in [0.2, 0.25) is 0 Å². The number of aromatic nitrogens is 4. The van der Waals surface area contributed by atoms with Crippen molar-refractivity contribution < 1.29 is 0 Å². The van der Waals surface area contributed by atoms with Crippen LogP contribution >= 0.6 is 0 Å². The molecule has 2 heterocycles. The van der Waals surface area contributed by atoms with Crippen LogP contribution < -0.4 is 0 Å². The highest BCUT2D eigenvalue weighted by Gasteiger charge is 2.62.